The Bertz CT molecular complexity index is 1050. The fourth-order valence-electron chi connectivity index (χ4n) is 2.77. The first-order chi connectivity index (χ1) is 14.4. The van der Waals surface area contributed by atoms with Gasteiger partial charge in [0.15, 0.2) is 11.5 Å². The van der Waals surface area contributed by atoms with E-state index in [0.717, 1.165) is 17.2 Å². The van der Waals surface area contributed by atoms with Crippen molar-refractivity contribution in [3.05, 3.63) is 87.4 Å². The average Bonchev–Trinajstić information content (AvgIpc) is 2.75. The summed E-state index contributed by atoms with van der Waals surface area (Å²) in [5.41, 5.74) is 1.76. The lowest BCUT2D eigenvalue weighted by Gasteiger charge is -2.18. The van der Waals surface area contributed by atoms with E-state index in [1.165, 1.54) is 13.2 Å². The summed E-state index contributed by atoms with van der Waals surface area (Å²) in [4.78, 5) is 16.5. The molecular weight excluding hydrogens is 430 g/mol. The number of carbonyl (C=O) groups excluding carboxylic acids is 1. The van der Waals surface area contributed by atoms with Crippen LogP contribution in [0.3, 0.4) is 0 Å². The first-order valence-corrected chi connectivity index (χ1v) is 9.79. The largest absolute Gasteiger partial charge is 0.493 e. The molecule has 1 atom stereocenters. The Morgan fingerprint density at radius 3 is 2.53 bits per heavy atom. The van der Waals surface area contributed by atoms with Crippen molar-refractivity contribution in [2.24, 2.45) is 0 Å². The van der Waals surface area contributed by atoms with Gasteiger partial charge < -0.3 is 14.8 Å². The molecule has 0 saturated carbocycles. The van der Waals surface area contributed by atoms with E-state index in [-0.39, 0.29) is 15.6 Å². The van der Waals surface area contributed by atoms with Crippen LogP contribution >= 0.6 is 23.2 Å². The van der Waals surface area contributed by atoms with Crippen LogP contribution in [0, 0.1) is 5.82 Å². The van der Waals surface area contributed by atoms with Crippen LogP contribution < -0.4 is 14.8 Å². The number of ether oxygens (including phenoxy) is 2. The van der Waals surface area contributed by atoms with Gasteiger partial charge in [-0.25, -0.2) is 4.39 Å². The summed E-state index contributed by atoms with van der Waals surface area (Å²) in [5.74, 6) is -0.131. The standard InChI is InChI=1S/C22H19Cl2FN2O3/c1-13(27-22(28)16-10-19(25)18(24)11-17(16)23)15-3-4-20(21(9-15)29-2)30-12-14-5-7-26-8-6-14/h3-11,13H,12H2,1-2H3,(H,27,28). The molecule has 0 radical (unpaired) electrons. The van der Waals surface area contributed by atoms with Crippen LogP contribution in [0.1, 0.15) is 34.5 Å². The highest BCUT2D eigenvalue weighted by Crippen LogP contribution is 2.31. The molecule has 1 aromatic heterocycles. The number of pyridine rings is 1. The Labute approximate surface area is 183 Å². The van der Waals surface area contributed by atoms with Crippen LogP contribution in [0.5, 0.6) is 11.5 Å². The number of halogens is 3. The molecule has 0 bridgehead atoms. The Balaban J connectivity index is 1.72. The van der Waals surface area contributed by atoms with Crippen LogP contribution in [-0.2, 0) is 6.61 Å². The summed E-state index contributed by atoms with van der Waals surface area (Å²) in [6.07, 6.45) is 3.39. The monoisotopic (exact) mass is 448 g/mol. The molecule has 0 saturated heterocycles. The van der Waals surface area contributed by atoms with Crippen LogP contribution in [0.15, 0.2) is 54.9 Å². The van der Waals surface area contributed by atoms with E-state index in [2.05, 4.69) is 10.3 Å². The van der Waals surface area contributed by atoms with Crippen molar-refractivity contribution in [2.75, 3.05) is 7.11 Å². The summed E-state index contributed by atoms with van der Waals surface area (Å²) in [7, 11) is 1.54. The molecule has 1 unspecified atom stereocenters. The molecule has 1 amide bonds. The normalized spacial score (nSPS) is 11.6. The third-order valence-electron chi connectivity index (χ3n) is 4.43. The maximum absolute atomic E-state index is 13.7. The van der Waals surface area contributed by atoms with E-state index in [0.29, 0.717) is 18.1 Å². The van der Waals surface area contributed by atoms with E-state index in [1.54, 1.807) is 31.5 Å². The van der Waals surface area contributed by atoms with Gasteiger partial charge in [0.25, 0.3) is 5.91 Å². The number of benzene rings is 2. The maximum atomic E-state index is 13.7. The summed E-state index contributed by atoms with van der Waals surface area (Å²) >= 11 is 11.7. The molecule has 0 spiro atoms. The minimum Gasteiger partial charge on any atom is -0.493 e. The lowest BCUT2D eigenvalue weighted by molar-refractivity contribution is 0.0939. The van der Waals surface area contributed by atoms with Crippen LogP contribution in [0.2, 0.25) is 10.0 Å². The van der Waals surface area contributed by atoms with Crippen LogP contribution in [-0.4, -0.2) is 18.0 Å². The van der Waals surface area contributed by atoms with Gasteiger partial charge in [0.1, 0.15) is 12.4 Å². The van der Waals surface area contributed by atoms with Gasteiger partial charge in [-0.3, -0.25) is 9.78 Å². The Morgan fingerprint density at radius 2 is 1.83 bits per heavy atom. The predicted molar refractivity (Wildman–Crippen MR) is 114 cm³/mol. The minimum absolute atomic E-state index is 0.00897. The highest BCUT2D eigenvalue weighted by Gasteiger charge is 2.18. The number of amides is 1. The summed E-state index contributed by atoms with van der Waals surface area (Å²) in [6.45, 7) is 2.16. The summed E-state index contributed by atoms with van der Waals surface area (Å²) in [5, 5.41) is 2.72. The molecule has 156 valence electrons. The topological polar surface area (TPSA) is 60.5 Å². The first kappa shape index (κ1) is 21.9. The van der Waals surface area contributed by atoms with E-state index >= 15 is 0 Å². The smallest absolute Gasteiger partial charge is 0.253 e. The number of nitrogens with one attached hydrogen (secondary N) is 1. The third kappa shape index (κ3) is 5.20. The van der Waals surface area contributed by atoms with Crippen molar-refractivity contribution >= 4 is 29.1 Å². The molecule has 0 aliphatic heterocycles. The lowest BCUT2D eigenvalue weighted by Crippen LogP contribution is -2.27. The second-order valence-electron chi connectivity index (χ2n) is 6.50. The van der Waals surface area contributed by atoms with Gasteiger partial charge >= 0.3 is 0 Å². The molecule has 30 heavy (non-hydrogen) atoms. The number of nitrogens with zero attached hydrogens (tertiary/aromatic N) is 1. The Kier molecular flexibility index (Phi) is 7.13. The van der Waals surface area contributed by atoms with Gasteiger partial charge in [-0.1, -0.05) is 29.3 Å². The number of hydrogen-bond acceptors (Lipinski definition) is 4. The van der Waals surface area contributed by atoms with Crippen molar-refractivity contribution in [2.45, 2.75) is 19.6 Å². The number of hydrogen-bond donors (Lipinski definition) is 1. The van der Waals surface area contributed by atoms with Crippen molar-refractivity contribution in [1.29, 1.82) is 0 Å². The molecular formula is C22H19Cl2FN2O3. The molecule has 1 N–H and O–H groups in total. The number of aromatic nitrogens is 1. The van der Waals surface area contributed by atoms with Crippen LogP contribution in [0.25, 0.3) is 0 Å². The van der Waals surface area contributed by atoms with Gasteiger partial charge in [0.2, 0.25) is 0 Å². The Hall–Kier alpha value is -2.83. The molecule has 0 aliphatic rings. The molecule has 0 fully saturated rings. The molecule has 1 heterocycles. The molecule has 5 nitrogen and oxygen atoms in total. The Morgan fingerprint density at radius 1 is 1.10 bits per heavy atom. The molecule has 2 aromatic carbocycles. The summed E-state index contributed by atoms with van der Waals surface area (Å²) < 4.78 is 25.0. The second kappa shape index (κ2) is 9.78. The minimum atomic E-state index is -0.712. The van der Waals surface area contributed by atoms with Crippen LogP contribution in [0.4, 0.5) is 4.39 Å². The molecule has 3 rings (SSSR count). The van der Waals surface area contributed by atoms with E-state index in [4.69, 9.17) is 32.7 Å². The number of rotatable bonds is 7. The number of carbonyl (C=O) groups is 1. The maximum Gasteiger partial charge on any atom is 0.253 e. The molecule has 8 heteroatoms. The summed E-state index contributed by atoms with van der Waals surface area (Å²) in [6, 6.07) is 10.9. The van der Waals surface area contributed by atoms with E-state index in [1.807, 2.05) is 18.2 Å². The first-order valence-electron chi connectivity index (χ1n) is 9.04. The third-order valence-corrected chi connectivity index (χ3v) is 5.04. The van der Waals surface area contributed by atoms with Crippen molar-refractivity contribution in [3.8, 4) is 11.5 Å². The van der Waals surface area contributed by atoms with Gasteiger partial charge in [-0.05, 0) is 54.4 Å². The van der Waals surface area contributed by atoms with Gasteiger partial charge in [0.05, 0.1) is 28.8 Å². The highest BCUT2D eigenvalue weighted by molar-refractivity contribution is 6.36. The lowest BCUT2D eigenvalue weighted by atomic mass is 10.1. The molecule has 0 aliphatic carbocycles. The van der Waals surface area contributed by atoms with Gasteiger partial charge in [-0.15, -0.1) is 0 Å². The average molecular weight is 449 g/mol. The van der Waals surface area contributed by atoms with Gasteiger partial charge in [-0.2, -0.15) is 0 Å². The van der Waals surface area contributed by atoms with Crippen molar-refractivity contribution in [3.63, 3.8) is 0 Å². The van der Waals surface area contributed by atoms with Crippen molar-refractivity contribution in [1.82, 2.24) is 10.3 Å². The zero-order valence-electron chi connectivity index (χ0n) is 16.3. The quantitative estimate of drug-likeness (QED) is 0.477. The predicted octanol–water partition coefficient (Wildman–Crippen LogP) is 5.61. The number of methoxy groups -OCH3 is 1. The van der Waals surface area contributed by atoms with Gasteiger partial charge in [0, 0.05) is 12.4 Å². The fourth-order valence-corrected chi connectivity index (χ4v) is 3.24. The fraction of sp³-hybridized carbons (Fsp3) is 0.182. The highest BCUT2D eigenvalue weighted by atomic mass is 35.5. The zero-order chi connectivity index (χ0) is 21.7. The SMILES string of the molecule is COc1cc(C(C)NC(=O)c2cc(F)c(Cl)cc2Cl)ccc1OCc1ccncc1. The molecule has 3 aromatic rings. The van der Waals surface area contributed by atoms with Crippen molar-refractivity contribution < 1.29 is 18.7 Å². The second-order valence-corrected chi connectivity index (χ2v) is 7.31. The zero-order valence-corrected chi connectivity index (χ0v) is 17.8. The van der Waals surface area contributed by atoms with E-state index < -0.39 is 17.8 Å². The van der Waals surface area contributed by atoms with E-state index in [9.17, 15) is 9.18 Å².